The van der Waals surface area contributed by atoms with Gasteiger partial charge in [0.1, 0.15) is 12.1 Å². The Balaban J connectivity index is 1.33. The molecule has 1 unspecified atom stereocenters. The van der Waals surface area contributed by atoms with Crippen molar-refractivity contribution in [2.45, 2.75) is 122 Å². The first-order chi connectivity index (χ1) is 28.7. The number of esters is 1. The number of aliphatic hydroxyl groups excluding tert-OH is 1. The van der Waals surface area contributed by atoms with E-state index < -0.39 is 30.3 Å². The predicted octanol–water partition coefficient (Wildman–Crippen LogP) is 5.63. The van der Waals surface area contributed by atoms with Gasteiger partial charge in [0, 0.05) is 49.8 Å². The van der Waals surface area contributed by atoms with Gasteiger partial charge in [-0.2, -0.15) is 0 Å². The summed E-state index contributed by atoms with van der Waals surface area (Å²) in [7, 11) is 0. The van der Waals surface area contributed by atoms with Crippen molar-refractivity contribution in [2.24, 2.45) is 17.6 Å². The van der Waals surface area contributed by atoms with Crippen LogP contribution in [0.25, 0.3) is 5.69 Å². The summed E-state index contributed by atoms with van der Waals surface area (Å²) in [5.41, 5.74) is 9.55. The molecule has 324 valence electrons. The van der Waals surface area contributed by atoms with Crippen molar-refractivity contribution in [3.8, 4) is 5.69 Å². The monoisotopic (exact) mass is 826 g/mol. The number of ether oxygens (including phenoxy) is 2. The van der Waals surface area contributed by atoms with Crippen LogP contribution in [0.3, 0.4) is 0 Å². The normalized spacial score (nSPS) is 22.9. The van der Waals surface area contributed by atoms with E-state index >= 15 is 0 Å². The molecule has 2 amide bonds. The molecule has 0 spiro atoms. The lowest BCUT2D eigenvalue weighted by Gasteiger charge is -2.39. The van der Waals surface area contributed by atoms with E-state index in [1.54, 1.807) is 35.1 Å². The SMILES string of the molecule is C/C=C/[C@@H]1O[C@H]([C@@H](/C=C/C=C(\C)C[C@@H](C)/C=C(C)\C=C\C2CC=CC(=O)O2)NC(=O)CCc2cn(-c3ccc(C(=O)NCCCC[C@H](N)C(=O)O)cc3)nn2)C[C@@H](O)[C@@H]1C. The molecule has 0 radical (unpaired) electrons. The highest BCUT2D eigenvalue weighted by Gasteiger charge is 2.37. The fraction of sp³-hybridized carbons (Fsp3) is 0.478. The third-order valence-electron chi connectivity index (χ3n) is 10.5. The van der Waals surface area contributed by atoms with Crippen LogP contribution in [-0.2, 0) is 30.3 Å². The number of benzene rings is 1. The van der Waals surface area contributed by atoms with E-state index in [0.29, 0.717) is 62.0 Å². The quantitative estimate of drug-likeness (QED) is 0.0451. The molecule has 1 aromatic carbocycles. The molecule has 4 rings (SSSR count). The number of carbonyl (C=O) groups is 4. The number of allylic oxidation sites excluding steroid dienone is 7. The number of rotatable bonds is 21. The molecule has 14 heteroatoms. The average Bonchev–Trinajstić information content (AvgIpc) is 3.69. The number of aryl methyl sites for hydroxylation is 1. The first-order valence-electron chi connectivity index (χ1n) is 20.8. The highest BCUT2D eigenvalue weighted by atomic mass is 16.5. The Bertz CT molecular complexity index is 1930. The minimum absolute atomic E-state index is 0.0910. The van der Waals surface area contributed by atoms with E-state index in [1.165, 1.54) is 6.08 Å². The molecule has 2 aliphatic rings. The highest BCUT2D eigenvalue weighted by Crippen LogP contribution is 2.29. The zero-order chi connectivity index (χ0) is 43.6. The largest absolute Gasteiger partial charge is 0.480 e. The van der Waals surface area contributed by atoms with Crippen molar-refractivity contribution in [1.29, 1.82) is 0 Å². The molecule has 14 nitrogen and oxygen atoms in total. The Hall–Kier alpha value is -5.44. The van der Waals surface area contributed by atoms with Gasteiger partial charge in [-0.3, -0.25) is 14.4 Å². The number of carboxylic acids is 1. The Labute approximate surface area is 353 Å². The fourth-order valence-corrected chi connectivity index (χ4v) is 7.07. The summed E-state index contributed by atoms with van der Waals surface area (Å²) < 4.78 is 13.3. The van der Waals surface area contributed by atoms with Crippen molar-refractivity contribution in [3.05, 3.63) is 114 Å². The number of nitrogens with zero attached hydrogens (tertiary/aromatic N) is 3. The molecular weight excluding hydrogens is 765 g/mol. The molecule has 0 aliphatic carbocycles. The number of hydrogen-bond donors (Lipinski definition) is 5. The molecule has 8 atom stereocenters. The first kappa shape index (κ1) is 47.2. The maximum atomic E-state index is 13.4. The Kier molecular flexibility index (Phi) is 18.9. The number of cyclic esters (lactones) is 1. The number of nitrogens with two attached hydrogens (primary N) is 1. The smallest absolute Gasteiger partial charge is 0.331 e. The van der Waals surface area contributed by atoms with E-state index in [-0.39, 0.29) is 48.2 Å². The summed E-state index contributed by atoms with van der Waals surface area (Å²) in [5, 5.41) is 34.3. The lowest BCUT2D eigenvalue weighted by Crippen LogP contribution is -2.51. The Morgan fingerprint density at radius 3 is 2.62 bits per heavy atom. The van der Waals surface area contributed by atoms with Crippen molar-refractivity contribution >= 4 is 23.8 Å². The van der Waals surface area contributed by atoms with Crippen LogP contribution in [-0.4, -0.2) is 92.0 Å². The number of amides is 2. The number of carbonyl (C=O) groups excluding carboxylic acids is 3. The number of carboxylic acid groups (broad SMARTS) is 1. The van der Waals surface area contributed by atoms with Gasteiger partial charge in [0.2, 0.25) is 5.91 Å². The van der Waals surface area contributed by atoms with Crippen LogP contribution in [0.1, 0.15) is 95.6 Å². The van der Waals surface area contributed by atoms with Crippen molar-refractivity contribution < 1.29 is 38.9 Å². The average molecular weight is 827 g/mol. The summed E-state index contributed by atoms with van der Waals surface area (Å²) in [6.45, 7) is 10.5. The van der Waals surface area contributed by atoms with Gasteiger partial charge in [0.25, 0.3) is 5.91 Å². The van der Waals surface area contributed by atoms with E-state index in [4.69, 9.17) is 20.3 Å². The van der Waals surface area contributed by atoms with E-state index in [2.05, 4.69) is 40.9 Å². The van der Waals surface area contributed by atoms with Crippen LogP contribution in [0.5, 0.6) is 0 Å². The van der Waals surface area contributed by atoms with Crippen molar-refractivity contribution in [2.75, 3.05) is 6.54 Å². The predicted molar refractivity (Wildman–Crippen MR) is 230 cm³/mol. The Morgan fingerprint density at radius 1 is 1.13 bits per heavy atom. The van der Waals surface area contributed by atoms with Crippen LogP contribution in [0, 0.1) is 11.8 Å². The molecule has 6 N–H and O–H groups in total. The lowest BCUT2D eigenvalue weighted by molar-refractivity contribution is -0.142. The lowest BCUT2D eigenvalue weighted by atomic mass is 9.87. The van der Waals surface area contributed by atoms with E-state index in [1.807, 2.05) is 69.4 Å². The molecule has 1 fully saturated rings. The second kappa shape index (κ2) is 24.0. The summed E-state index contributed by atoms with van der Waals surface area (Å²) in [6.07, 6.45) is 23.2. The van der Waals surface area contributed by atoms with E-state index in [0.717, 1.165) is 17.6 Å². The van der Waals surface area contributed by atoms with Gasteiger partial charge in [-0.05, 0) is 82.7 Å². The van der Waals surface area contributed by atoms with Gasteiger partial charge in [-0.25, -0.2) is 9.48 Å². The molecule has 3 heterocycles. The number of aliphatic hydroxyl groups is 1. The summed E-state index contributed by atoms with van der Waals surface area (Å²) in [5.74, 6) is -1.62. The Morgan fingerprint density at radius 2 is 1.90 bits per heavy atom. The summed E-state index contributed by atoms with van der Waals surface area (Å²) in [4.78, 5) is 48.4. The molecule has 1 saturated heterocycles. The van der Waals surface area contributed by atoms with Gasteiger partial charge in [-0.1, -0.05) is 78.8 Å². The molecule has 2 aliphatic heterocycles. The molecule has 0 saturated carbocycles. The minimum atomic E-state index is -1.03. The van der Waals surface area contributed by atoms with Gasteiger partial charge in [0.15, 0.2) is 0 Å². The van der Waals surface area contributed by atoms with Crippen LogP contribution >= 0.6 is 0 Å². The minimum Gasteiger partial charge on any atom is -0.480 e. The van der Waals surface area contributed by atoms with Crippen LogP contribution in [0.4, 0.5) is 0 Å². The van der Waals surface area contributed by atoms with Crippen LogP contribution < -0.4 is 16.4 Å². The number of aromatic nitrogens is 3. The van der Waals surface area contributed by atoms with Crippen LogP contribution in [0.2, 0.25) is 0 Å². The molecular formula is C46H62N6O8. The van der Waals surface area contributed by atoms with Crippen molar-refractivity contribution in [1.82, 2.24) is 25.6 Å². The topological polar surface area (TPSA) is 208 Å². The third kappa shape index (κ3) is 15.6. The summed E-state index contributed by atoms with van der Waals surface area (Å²) >= 11 is 0. The van der Waals surface area contributed by atoms with Gasteiger partial charge >= 0.3 is 11.9 Å². The fourth-order valence-electron chi connectivity index (χ4n) is 7.07. The molecule has 1 aromatic heterocycles. The second-order valence-electron chi connectivity index (χ2n) is 15.8. The molecule has 60 heavy (non-hydrogen) atoms. The number of nitrogens with one attached hydrogen (secondary N) is 2. The van der Waals surface area contributed by atoms with Gasteiger partial charge in [-0.15, -0.1) is 5.10 Å². The zero-order valence-corrected chi connectivity index (χ0v) is 35.4. The number of aliphatic carboxylic acids is 1. The number of unbranched alkanes of at least 4 members (excludes halogenated alkanes) is 1. The van der Waals surface area contributed by atoms with E-state index in [9.17, 15) is 24.3 Å². The summed E-state index contributed by atoms with van der Waals surface area (Å²) in [6, 6.07) is 5.49. The number of hydrogen-bond acceptors (Lipinski definition) is 10. The second-order valence-corrected chi connectivity index (χ2v) is 15.8. The highest BCUT2D eigenvalue weighted by molar-refractivity contribution is 5.94. The van der Waals surface area contributed by atoms with Gasteiger partial charge in [0.05, 0.1) is 41.9 Å². The maximum absolute atomic E-state index is 13.4. The standard InChI is InChI=1S/C46H62N6O8/c1-6-11-41-33(5)40(53)28-42(60-41)39(15-9-12-30(2)26-32(4)27-31(3)17-23-37-13-10-16-44(55)59-37)49-43(54)24-20-35-29-52(51-50-35)36-21-18-34(19-22-36)45(56)48-25-8-7-14-38(47)46(57)58/h6,9-12,15-19,21-23,27,29,32-33,37-42,53H,7-8,13-14,20,24-26,28,47H2,1-5H3,(H,48,56)(H,49,54)(H,57,58)/b11-6+,15-9+,23-17+,30-12+,31-27-/t32-,33+,37?,38+,39-,40-,41+,42+/m1/s1. The molecule has 0 bridgehead atoms. The third-order valence-corrected chi connectivity index (χ3v) is 10.5. The first-order valence-corrected chi connectivity index (χ1v) is 20.8. The van der Waals surface area contributed by atoms with Gasteiger partial charge < -0.3 is 36.1 Å². The zero-order valence-electron chi connectivity index (χ0n) is 35.4. The maximum Gasteiger partial charge on any atom is 0.331 e. The van der Waals surface area contributed by atoms with Crippen LogP contribution in [0.15, 0.2) is 102 Å². The molecule has 2 aromatic rings. The van der Waals surface area contributed by atoms with Crippen molar-refractivity contribution in [3.63, 3.8) is 0 Å².